The van der Waals surface area contributed by atoms with E-state index in [9.17, 15) is 4.79 Å². The monoisotopic (exact) mass is 418 g/mol. The van der Waals surface area contributed by atoms with Gasteiger partial charge in [0, 0.05) is 29.8 Å². The molecule has 0 spiro atoms. The summed E-state index contributed by atoms with van der Waals surface area (Å²) >= 11 is 0. The average Bonchev–Trinajstić information content (AvgIpc) is 3.64. The third-order valence-electron chi connectivity index (χ3n) is 6.05. The van der Waals surface area contributed by atoms with E-state index in [1.165, 1.54) is 22.3 Å². The highest BCUT2D eigenvalue weighted by molar-refractivity contribution is 6.04. The Morgan fingerprint density at radius 3 is 2.03 bits per heavy atom. The second-order valence-electron chi connectivity index (χ2n) is 8.33. The molecule has 0 aliphatic heterocycles. The van der Waals surface area contributed by atoms with Crippen molar-refractivity contribution >= 4 is 11.6 Å². The van der Waals surface area contributed by atoms with E-state index in [2.05, 4.69) is 71.3 Å². The first-order valence-electron chi connectivity index (χ1n) is 11.1. The Hall–Kier alpha value is -3.69. The molecular formula is C29H26N2O. The Morgan fingerprint density at radius 2 is 1.34 bits per heavy atom. The van der Waals surface area contributed by atoms with E-state index in [0.717, 1.165) is 18.7 Å². The summed E-state index contributed by atoms with van der Waals surface area (Å²) in [5, 5.41) is 6.64. The molecule has 1 aliphatic carbocycles. The van der Waals surface area contributed by atoms with Gasteiger partial charge >= 0.3 is 0 Å². The maximum Gasteiger partial charge on any atom is 0.255 e. The van der Waals surface area contributed by atoms with Crippen molar-refractivity contribution in [2.75, 3.05) is 5.32 Å². The number of amides is 1. The first-order valence-corrected chi connectivity index (χ1v) is 11.1. The van der Waals surface area contributed by atoms with Crippen molar-refractivity contribution in [3.05, 3.63) is 126 Å². The zero-order valence-electron chi connectivity index (χ0n) is 17.9. The van der Waals surface area contributed by atoms with Crippen molar-refractivity contribution in [1.29, 1.82) is 0 Å². The lowest BCUT2D eigenvalue weighted by Gasteiger charge is -2.08. The lowest BCUT2D eigenvalue weighted by molar-refractivity contribution is 0.102. The van der Waals surface area contributed by atoms with Crippen LogP contribution in [0.15, 0.2) is 109 Å². The Morgan fingerprint density at radius 1 is 0.719 bits per heavy atom. The van der Waals surface area contributed by atoms with Crippen molar-refractivity contribution in [2.24, 2.45) is 0 Å². The summed E-state index contributed by atoms with van der Waals surface area (Å²) in [5.41, 5.74) is 6.61. The SMILES string of the molecule is O=C(Nc1ccc([C@@H]2C[C@H]2NCc2ccc(-c3ccccc3)cc2)cc1)c1ccccc1. The van der Waals surface area contributed by atoms with Gasteiger partial charge in [0.25, 0.3) is 5.91 Å². The minimum atomic E-state index is -0.0809. The van der Waals surface area contributed by atoms with Crippen LogP contribution in [0.2, 0.25) is 0 Å². The predicted octanol–water partition coefficient (Wildman–Crippen LogP) is 6.25. The highest BCUT2D eigenvalue weighted by atomic mass is 16.1. The maximum absolute atomic E-state index is 12.3. The maximum atomic E-state index is 12.3. The lowest BCUT2D eigenvalue weighted by atomic mass is 10.0. The normalized spacial score (nSPS) is 17.0. The number of anilines is 1. The third-order valence-corrected chi connectivity index (χ3v) is 6.05. The number of hydrogen-bond donors (Lipinski definition) is 2. The largest absolute Gasteiger partial charge is 0.322 e. The summed E-state index contributed by atoms with van der Waals surface area (Å²) in [6, 6.07) is 37.3. The average molecular weight is 419 g/mol. The van der Waals surface area contributed by atoms with Crippen LogP contribution in [0, 0.1) is 0 Å². The molecule has 3 nitrogen and oxygen atoms in total. The van der Waals surface area contributed by atoms with E-state index in [4.69, 9.17) is 0 Å². The topological polar surface area (TPSA) is 41.1 Å². The summed E-state index contributed by atoms with van der Waals surface area (Å²) in [6.45, 7) is 0.876. The number of carbonyl (C=O) groups excluding carboxylic acids is 1. The zero-order valence-corrected chi connectivity index (χ0v) is 17.9. The van der Waals surface area contributed by atoms with Gasteiger partial charge in [0.05, 0.1) is 0 Å². The smallest absolute Gasteiger partial charge is 0.255 e. The fraction of sp³-hybridized carbons (Fsp3) is 0.138. The van der Waals surface area contributed by atoms with Gasteiger partial charge in [0.1, 0.15) is 0 Å². The quantitative estimate of drug-likeness (QED) is 0.372. The number of carbonyl (C=O) groups is 1. The molecule has 0 radical (unpaired) electrons. The third kappa shape index (κ3) is 4.79. The summed E-state index contributed by atoms with van der Waals surface area (Å²) < 4.78 is 0. The summed E-state index contributed by atoms with van der Waals surface area (Å²) in [7, 11) is 0. The molecule has 2 atom stereocenters. The fourth-order valence-corrected chi connectivity index (χ4v) is 4.09. The molecule has 4 aromatic carbocycles. The van der Waals surface area contributed by atoms with Crippen molar-refractivity contribution in [2.45, 2.75) is 24.9 Å². The first-order chi connectivity index (χ1) is 15.8. The molecule has 0 aromatic heterocycles. The van der Waals surface area contributed by atoms with E-state index in [1.807, 2.05) is 48.5 Å². The van der Waals surface area contributed by atoms with Crippen LogP contribution in [0.25, 0.3) is 11.1 Å². The summed E-state index contributed by atoms with van der Waals surface area (Å²) in [5.74, 6) is 0.458. The van der Waals surface area contributed by atoms with E-state index < -0.39 is 0 Å². The molecule has 4 aromatic rings. The Bertz CT molecular complexity index is 1170. The number of benzene rings is 4. The molecule has 0 heterocycles. The van der Waals surface area contributed by atoms with Crippen molar-refractivity contribution in [3.63, 3.8) is 0 Å². The van der Waals surface area contributed by atoms with Crippen LogP contribution in [-0.4, -0.2) is 11.9 Å². The van der Waals surface area contributed by atoms with Gasteiger partial charge in [-0.1, -0.05) is 84.9 Å². The minimum Gasteiger partial charge on any atom is -0.322 e. The molecule has 0 unspecified atom stereocenters. The second-order valence-corrected chi connectivity index (χ2v) is 8.33. The van der Waals surface area contributed by atoms with Gasteiger partial charge in [0.15, 0.2) is 0 Å². The van der Waals surface area contributed by atoms with Gasteiger partial charge < -0.3 is 10.6 Å². The lowest BCUT2D eigenvalue weighted by Crippen LogP contribution is -2.17. The fourth-order valence-electron chi connectivity index (χ4n) is 4.09. The van der Waals surface area contributed by atoms with E-state index in [-0.39, 0.29) is 5.91 Å². The minimum absolute atomic E-state index is 0.0809. The molecule has 32 heavy (non-hydrogen) atoms. The molecule has 1 saturated carbocycles. The van der Waals surface area contributed by atoms with Crippen LogP contribution in [-0.2, 0) is 6.54 Å². The number of rotatable bonds is 7. The van der Waals surface area contributed by atoms with Crippen LogP contribution >= 0.6 is 0 Å². The van der Waals surface area contributed by atoms with Gasteiger partial charge in [-0.3, -0.25) is 4.79 Å². The van der Waals surface area contributed by atoms with E-state index in [1.54, 1.807) is 0 Å². The Labute approximate surface area is 189 Å². The van der Waals surface area contributed by atoms with E-state index >= 15 is 0 Å². The molecule has 158 valence electrons. The molecule has 0 saturated heterocycles. The standard InChI is InChI=1S/C29H26N2O/c32-29(25-9-5-2-6-10-25)31-26-17-15-24(16-18-26)27-19-28(27)30-20-21-11-13-23(14-12-21)22-7-3-1-4-8-22/h1-18,27-28,30H,19-20H2,(H,31,32)/t27-,28+/m0/s1. The highest BCUT2D eigenvalue weighted by Gasteiger charge is 2.37. The second kappa shape index (κ2) is 9.21. The first kappa shape index (κ1) is 20.2. The predicted molar refractivity (Wildman–Crippen MR) is 131 cm³/mol. The van der Waals surface area contributed by atoms with Crippen molar-refractivity contribution in [1.82, 2.24) is 5.32 Å². The summed E-state index contributed by atoms with van der Waals surface area (Å²) in [6.07, 6.45) is 1.15. The Kier molecular flexibility index (Phi) is 5.82. The van der Waals surface area contributed by atoms with Crippen LogP contribution in [0.5, 0.6) is 0 Å². The molecule has 5 rings (SSSR count). The van der Waals surface area contributed by atoms with Crippen molar-refractivity contribution in [3.8, 4) is 11.1 Å². The Balaban J connectivity index is 1.12. The van der Waals surface area contributed by atoms with Crippen LogP contribution < -0.4 is 10.6 Å². The number of nitrogens with one attached hydrogen (secondary N) is 2. The van der Waals surface area contributed by atoms with Gasteiger partial charge in [0.2, 0.25) is 0 Å². The van der Waals surface area contributed by atoms with Crippen molar-refractivity contribution < 1.29 is 4.79 Å². The summed E-state index contributed by atoms with van der Waals surface area (Å²) in [4.78, 5) is 12.3. The van der Waals surface area contributed by atoms with Gasteiger partial charge in [-0.15, -0.1) is 0 Å². The van der Waals surface area contributed by atoms with Crippen LogP contribution in [0.1, 0.15) is 33.8 Å². The molecule has 1 aliphatic rings. The molecule has 1 amide bonds. The van der Waals surface area contributed by atoms with Crippen LogP contribution in [0.4, 0.5) is 5.69 Å². The van der Waals surface area contributed by atoms with Crippen LogP contribution in [0.3, 0.4) is 0 Å². The molecule has 2 N–H and O–H groups in total. The van der Waals surface area contributed by atoms with Gasteiger partial charge in [-0.05, 0) is 52.9 Å². The molecule has 0 bridgehead atoms. The van der Waals surface area contributed by atoms with Gasteiger partial charge in [-0.25, -0.2) is 0 Å². The highest BCUT2D eigenvalue weighted by Crippen LogP contribution is 2.41. The number of hydrogen-bond acceptors (Lipinski definition) is 2. The molecular weight excluding hydrogens is 392 g/mol. The zero-order chi connectivity index (χ0) is 21.8. The molecule has 3 heteroatoms. The van der Waals surface area contributed by atoms with Gasteiger partial charge in [-0.2, -0.15) is 0 Å². The van der Waals surface area contributed by atoms with E-state index in [0.29, 0.717) is 17.5 Å². The molecule has 1 fully saturated rings.